The van der Waals surface area contributed by atoms with E-state index in [9.17, 15) is 20.2 Å². The first kappa shape index (κ1) is 16.1. The number of hydrazone groups is 1. The third-order valence-electron chi connectivity index (χ3n) is 5.30. The van der Waals surface area contributed by atoms with Crippen molar-refractivity contribution in [3.8, 4) is 0 Å². The van der Waals surface area contributed by atoms with Gasteiger partial charge in [-0.1, -0.05) is 19.9 Å². The lowest BCUT2D eigenvalue weighted by molar-refractivity contribution is -0.393. The van der Waals surface area contributed by atoms with Gasteiger partial charge in [0.05, 0.1) is 22.1 Å². The molecule has 4 rings (SSSR count). The minimum absolute atomic E-state index is 0.129. The number of nitro benzene ring substituents is 2. The number of rotatable bonds is 5. The van der Waals surface area contributed by atoms with Crippen molar-refractivity contribution in [3.63, 3.8) is 0 Å². The maximum Gasteiger partial charge on any atom is 0.301 e. The number of benzene rings is 1. The molecule has 1 N–H and O–H groups in total. The van der Waals surface area contributed by atoms with Crippen molar-refractivity contribution < 1.29 is 9.85 Å². The smallest absolute Gasteiger partial charge is 0.272 e. The second-order valence-corrected chi connectivity index (χ2v) is 6.83. The highest BCUT2D eigenvalue weighted by Crippen LogP contribution is 2.58. The molecule has 0 aliphatic heterocycles. The molecule has 0 aromatic heterocycles. The summed E-state index contributed by atoms with van der Waals surface area (Å²) in [5.74, 6) is 1.19. The Balaban J connectivity index is 1.76. The molecule has 0 heterocycles. The summed E-state index contributed by atoms with van der Waals surface area (Å²) < 4.78 is 0. The number of nitro groups is 2. The Bertz CT molecular complexity index is 769. The summed E-state index contributed by atoms with van der Waals surface area (Å²) >= 11 is 0. The number of nitrogens with zero attached hydrogens (tertiary/aromatic N) is 3. The lowest BCUT2D eigenvalue weighted by atomic mass is 9.49. The lowest BCUT2D eigenvalue weighted by Gasteiger charge is -2.55. The molecule has 1 saturated carbocycles. The molecule has 8 heteroatoms. The molecular formula is C16H18N4O4. The van der Waals surface area contributed by atoms with Crippen molar-refractivity contribution >= 4 is 23.3 Å². The van der Waals surface area contributed by atoms with E-state index < -0.39 is 9.85 Å². The average Bonchev–Trinajstić information content (AvgIpc) is 2.54. The fraction of sp³-hybridized carbons (Fsp3) is 0.438. The summed E-state index contributed by atoms with van der Waals surface area (Å²) in [6.07, 6.45) is 6.05. The van der Waals surface area contributed by atoms with Crippen LogP contribution in [-0.2, 0) is 0 Å². The van der Waals surface area contributed by atoms with Gasteiger partial charge in [0.2, 0.25) is 0 Å². The van der Waals surface area contributed by atoms with Gasteiger partial charge in [-0.2, -0.15) is 5.10 Å². The van der Waals surface area contributed by atoms with Gasteiger partial charge < -0.3 is 0 Å². The van der Waals surface area contributed by atoms with Crippen molar-refractivity contribution in [2.45, 2.75) is 26.7 Å². The van der Waals surface area contributed by atoms with Gasteiger partial charge in [0.25, 0.3) is 5.69 Å². The zero-order valence-electron chi connectivity index (χ0n) is 13.4. The van der Waals surface area contributed by atoms with E-state index in [-0.39, 0.29) is 22.5 Å². The Morgan fingerprint density at radius 3 is 2.62 bits per heavy atom. The maximum absolute atomic E-state index is 11.1. The van der Waals surface area contributed by atoms with E-state index >= 15 is 0 Å². The molecule has 2 unspecified atom stereocenters. The second kappa shape index (κ2) is 5.70. The Morgan fingerprint density at radius 2 is 2.04 bits per heavy atom. The zero-order valence-corrected chi connectivity index (χ0v) is 13.4. The van der Waals surface area contributed by atoms with Crippen LogP contribution >= 0.6 is 0 Å². The van der Waals surface area contributed by atoms with Gasteiger partial charge >= 0.3 is 5.69 Å². The molecule has 0 amide bonds. The standard InChI is InChI=1S/C16H18N4O4/c1-16(2)11-4-3-10(13(16)7-11)9-17-18-14-6-5-12(19(21)22)8-15(14)20(23)24/h3,5-6,8-9,11,13,18H,4,7H2,1-2H3/b17-9-. The van der Waals surface area contributed by atoms with Gasteiger partial charge in [-0.25, -0.2) is 0 Å². The minimum atomic E-state index is -0.665. The van der Waals surface area contributed by atoms with E-state index in [1.54, 1.807) is 6.21 Å². The predicted molar refractivity (Wildman–Crippen MR) is 89.9 cm³/mol. The summed E-state index contributed by atoms with van der Waals surface area (Å²) in [6, 6.07) is 3.44. The van der Waals surface area contributed by atoms with Crippen molar-refractivity contribution in [1.82, 2.24) is 0 Å². The fourth-order valence-electron chi connectivity index (χ4n) is 3.60. The van der Waals surface area contributed by atoms with Crippen LogP contribution < -0.4 is 5.43 Å². The predicted octanol–water partition coefficient (Wildman–Crippen LogP) is 3.89. The van der Waals surface area contributed by atoms with Crippen LogP contribution in [0.25, 0.3) is 0 Å². The first-order chi connectivity index (χ1) is 11.3. The number of hydrogen-bond donors (Lipinski definition) is 1. The van der Waals surface area contributed by atoms with Gasteiger partial charge in [0.15, 0.2) is 0 Å². The number of anilines is 1. The summed E-state index contributed by atoms with van der Waals surface area (Å²) in [4.78, 5) is 20.5. The number of hydrogen-bond acceptors (Lipinski definition) is 6. The number of allylic oxidation sites excluding steroid dienone is 2. The largest absolute Gasteiger partial charge is 0.301 e. The summed E-state index contributed by atoms with van der Waals surface area (Å²) in [5, 5.41) is 25.9. The van der Waals surface area contributed by atoms with Crippen LogP contribution in [0.4, 0.5) is 17.1 Å². The van der Waals surface area contributed by atoms with Crippen molar-refractivity contribution in [3.05, 3.63) is 50.1 Å². The highest BCUT2D eigenvalue weighted by atomic mass is 16.6. The molecule has 0 saturated heterocycles. The third-order valence-corrected chi connectivity index (χ3v) is 5.30. The maximum atomic E-state index is 11.1. The first-order valence-corrected chi connectivity index (χ1v) is 7.72. The Labute approximate surface area is 138 Å². The van der Waals surface area contributed by atoms with Crippen LogP contribution in [0.1, 0.15) is 26.7 Å². The Morgan fingerprint density at radius 1 is 1.29 bits per heavy atom. The third kappa shape index (κ3) is 2.64. The molecule has 3 aliphatic rings. The van der Waals surface area contributed by atoms with Gasteiger partial charge in [-0.15, -0.1) is 0 Å². The van der Waals surface area contributed by atoms with Crippen LogP contribution in [0, 0.1) is 37.5 Å². The minimum Gasteiger partial charge on any atom is -0.272 e. The molecule has 8 nitrogen and oxygen atoms in total. The van der Waals surface area contributed by atoms with Crippen LogP contribution in [0.15, 0.2) is 34.9 Å². The topological polar surface area (TPSA) is 111 Å². The van der Waals surface area contributed by atoms with Gasteiger partial charge in [0, 0.05) is 6.07 Å². The van der Waals surface area contributed by atoms with Gasteiger partial charge in [-0.05, 0) is 41.7 Å². The lowest BCUT2D eigenvalue weighted by Crippen LogP contribution is -2.48. The van der Waals surface area contributed by atoms with Crippen LogP contribution in [-0.4, -0.2) is 16.1 Å². The van der Waals surface area contributed by atoms with E-state index in [0.717, 1.165) is 30.4 Å². The Kier molecular flexibility index (Phi) is 3.82. The highest BCUT2D eigenvalue weighted by Gasteiger charge is 2.50. The van der Waals surface area contributed by atoms with Crippen LogP contribution in [0.5, 0.6) is 0 Å². The molecular weight excluding hydrogens is 312 g/mol. The summed E-state index contributed by atoms with van der Waals surface area (Å²) in [5.41, 5.74) is 3.48. The van der Waals surface area contributed by atoms with Crippen molar-refractivity contribution in [1.29, 1.82) is 0 Å². The molecule has 0 radical (unpaired) electrons. The second-order valence-electron chi connectivity index (χ2n) is 6.83. The molecule has 1 aromatic rings. The molecule has 0 spiro atoms. The van der Waals surface area contributed by atoms with E-state index in [0.29, 0.717) is 5.92 Å². The first-order valence-electron chi connectivity index (χ1n) is 7.72. The highest BCUT2D eigenvalue weighted by molar-refractivity contribution is 5.81. The van der Waals surface area contributed by atoms with E-state index in [2.05, 4.69) is 30.5 Å². The van der Waals surface area contributed by atoms with Crippen molar-refractivity contribution in [2.24, 2.45) is 22.4 Å². The molecule has 1 fully saturated rings. The summed E-state index contributed by atoms with van der Waals surface area (Å²) in [7, 11) is 0. The SMILES string of the molecule is CC1(C)C2CC=C(/C=N\Nc3ccc([N+](=O)[O-])cc3[N+](=O)[O-])C1C2. The zero-order chi connectivity index (χ0) is 17.5. The van der Waals surface area contributed by atoms with Crippen LogP contribution in [0.3, 0.4) is 0 Å². The molecule has 2 atom stereocenters. The quantitative estimate of drug-likeness (QED) is 0.500. The van der Waals surface area contributed by atoms with E-state index in [4.69, 9.17) is 0 Å². The van der Waals surface area contributed by atoms with E-state index in [1.807, 2.05) is 0 Å². The van der Waals surface area contributed by atoms with Gasteiger partial charge in [-0.3, -0.25) is 25.7 Å². The molecule has 1 aromatic carbocycles. The Hall–Kier alpha value is -2.77. The summed E-state index contributed by atoms with van der Waals surface area (Å²) in [6.45, 7) is 4.50. The molecule has 2 bridgehead atoms. The molecule has 24 heavy (non-hydrogen) atoms. The monoisotopic (exact) mass is 330 g/mol. The average molecular weight is 330 g/mol. The normalized spacial score (nSPS) is 24.2. The molecule has 126 valence electrons. The number of fused-ring (bicyclic) bond motifs is 1. The number of nitrogens with one attached hydrogen (secondary N) is 1. The van der Waals surface area contributed by atoms with E-state index in [1.165, 1.54) is 12.1 Å². The van der Waals surface area contributed by atoms with Gasteiger partial charge in [0.1, 0.15) is 5.69 Å². The van der Waals surface area contributed by atoms with Crippen molar-refractivity contribution in [2.75, 3.05) is 5.43 Å². The number of non-ortho nitro benzene ring substituents is 1. The fourth-order valence-corrected chi connectivity index (χ4v) is 3.60. The molecule has 3 aliphatic carbocycles. The van der Waals surface area contributed by atoms with Crippen LogP contribution in [0.2, 0.25) is 0 Å².